The van der Waals surface area contributed by atoms with Gasteiger partial charge < -0.3 is 9.73 Å². The topological polar surface area (TPSA) is 55.1 Å². The highest BCUT2D eigenvalue weighted by Crippen LogP contribution is 2.25. The lowest BCUT2D eigenvalue weighted by atomic mass is 10.1. The molecule has 21 heavy (non-hydrogen) atoms. The van der Waals surface area contributed by atoms with E-state index in [0.29, 0.717) is 11.7 Å². The maximum atomic E-state index is 11.8. The van der Waals surface area contributed by atoms with Crippen molar-refractivity contribution in [2.24, 2.45) is 5.92 Å². The summed E-state index contributed by atoms with van der Waals surface area (Å²) in [5.74, 6) is 2.53. The summed E-state index contributed by atoms with van der Waals surface area (Å²) in [6.07, 6.45) is 1.64. The van der Waals surface area contributed by atoms with Crippen molar-refractivity contribution in [2.75, 3.05) is 5.75 Å². The molecule has 1 atom stereocenters. The number of hydrogen-bond donors (Lipinski definition) is 1. The predicted molar refractivity (Wildman–Crippen MR) is 88.4 cm³/mol. The van der Waals surface area contributed by atoms with E-state index in [0.717, 1.165) is 22.2 Å². The first-order chi connectivity index (χ1) is 10.1. The van der Waals surface area contributed by atoms with E-state index in [-0.39, 0.29) is 11.9 Å². The third-order valence-electron chi connectivity index (χ3n) is 3.16. The Hall–Kier alpha value is -1.27. The van der Waals surface area contributed by atoms with Crippen LogP contribution in [0.5, 0.6) is 0 Å². The summed E-state index contributed by atoms with van der Waals surface area (Å²) in [5.41, 5.74) is 0.987. The standard InChI is InChI=1S/C15H20N2O2S2/c1-10(2)11(3)16-14(18)9-20-7-12-8-21-15(17-12)13-5-4-6-19-13/h4-6,8,10-11H,7,9H2,1-3H3,(H,16,18). The van der Waals surface area contributed by atoms with Crippen LogP contribution in [-0.2, 0) is 10.5 Å². The van der Waals surface area contributed by atoms with E-state index >= 15 is 0 Å². The number of furan rings is 1. The molecule has 1 unspecified atom stereocenters. The second kappa shape index (κ2) is 7.66. The molecular weight excluding hydrogens is 304 g/mol. The fraction of sp³-hybridized carbons (Fsp3) is 0.467. The van der Waals surface area contributed by atoms with Crippen molar-refractivity contribution in [3.63, 3.8) is 0 Å². The Morgan fingerprint density at radius 3 is 2.95 bits per heavy atom. The van der Waals surface area contributed by atoms with Crippen LogP contribution in [0.15, 0.2) is 28.2 Å². The van der Waals surface area contributed by atoms with Crippen molar-refractivity contribution in [2.45, 2.75) is 32.6 Å². The van der Waals surface area contributed by atoms with E-state index in [1.54, 1.807) is 29.4 Å². The summed E-state index contributed by atoms with van der Waals surface area (Å²) < 4.78 is 5.32. The highest BCUT2D eigenvalue weighted by Gasteiger charge is 2.11. The molecule has 0 radical (unpaired) electrons. The molecule has 1 N–H and O–H groups in total. The Kier molecular flexibility index (Phi) is 5.87. The molecule has 0 aliphatic carbocycles. The molecule has 2 heterocycles. The molecule has 0 aliphatic heterocycles. The molecule has 0 saturated carbocycles. The fourth-order valence-electron chi connectivity index (χ4n) is 1.60. The van der Waals surface area contributed by atoms with Gasteiger partial charge in [-0.15, -0.1) is 23.1 Å². The highest BCUT2D eigenvalue weighted by molar-refractivity contribution is 7.99. The molecule has 114 valence electrons. The van der Waals surface area contributed by atoms with Gasteiger partial charge in [-0.25, -0.2) is 4.98 Å². The van der Waals surface area contributed by atoms with Gasteiger partial charge in [-0.3, -0.25) is 4.79 Å². The highest BCUT2D eigenvalue weighted by atomic mass is 32.2. The molecule has 0 aliphatic rings. The van der Waals surface area contributed by atoms with Gasteiger partial charge in [0.15, 0.2) is 10.8 Å². The van der Waals surface area contributed by atoms with Crippen molar-refractivity contribution < 1.29 is 9.21 Å². The average molecular weight is 324 g/mol. The first-order valence-corrected chi connectivity index (χ1v) is 8.95. The summed E-state index contributed by atoms with van der Waals surface area (Å²) in [6.45, 7) is 6.23. The molecule has 2 aromatic rings. The summed E-state index contributed by atoms with van der Waals surface area (Å²) in [4.78, 5) is 16.3. The van der Waals surface area contributed by atoms with E-state index < -0.39 is 0 Å². The minimum Gasteiger partial charge on any atom is -0.462 e. The maximum Gasteiger partial charge on any atom is 0.230 e. The predicted octanol–water partition coefficient (Wildman–Crippen LogP) is 3.80. The molecule has 1 amide bonds. The number of thioether (sulfide) groups is 1. The minimum atomic E-state index is 0.0858. The number of carbonyl (C=O) groups is 1. The van der Waals surface area contributed by atoms with Gasteiger partial charge in [-0.2, -0.15) is 0 Å². The molecule has 6 heteroatoms. The molecule has 0 aromatic carbocycles. The van der Waals surface area contributed by atoms with Gasteiger partial charge in [0.1, 0.15) is 0 Å². The second-order valence-corrected chi connectivity index (χ2v) is 7.06. The van der Waals surface area contributed by atoms with Gasteiger partial charge in [0.05, 0.1) is 17.7 Å². The largest absolute Gasteiger partial charge is 0.462 e. The van der Waals surface area contributed by atoms with Gasteiger partial charge in [-0.05, 0) is 25.0 Å². The zero-order valence-corrected chi connectivity index (χ0v) is 14.1. The van der Waals surface area contributed by atoms with Crippen molar-refractivity contribution in [3.05, 3.63) is 29.5 Å². The van der Waals surface area contributed by atoms with Crippen molar-refractivity contribution in [1.29, 1.82) is 0 Å². The summed E-state index contributed by atoms with van der Waals surface area (Å²) in [6, 6.07) is 3.96. The number of hydrogen-bond acceptors (Lipinski definition) is 5. The van der Waals surface area contributed by atoms with Gasteiger partial charge >= 0.3 is 0 Å². The van der Waals surface area contributed by atoms with Crippen LogP contribution >= 0.6 is 23.1 Å². The van der Waals surface area contributed by atoms with Crippen molar-refractivity contribution in [1.82, 2.24) is 10.3 Å². The van der Waals surface area contributed by atoms with Crippen LogP contribution in [0, 0.1) is 5.92 Å². The fourth-order valence-corrected chi connectivity index (χ4v) is 3.22. The third-order valence-corrected chi connectivity index (χ3v) is 5.03. The number of amides is 1. The molecule has 0 saturated heterocycles. The lowest BCUT2D eigenvalue weighted by Crippen LogP contribution is -2.37. The molecule has 4 nitrogen and oxygen atoms in total. The Labute approximate surface area is 133 Å². The van der Waals surface area contributed by atoms with Crippen LogP contribution in [0.25, 0.3) is 10.8 Å². The summed E-state index contributed by atoms with van der Waals surface area (Å²) >= 11 is 3.14. The quantitative estimate of drug-likeness (QED) is 0.842. The van der Waals surface area contributed by atoms with Gasteiger partial charge in [0.25, 0.3) is 0 Å². The van der Waals surface area contributed by atoms with E-state index in [1.165, 1.54) is 0 Å². The van der Waals surface area contributed by atoms with E-state index in [1.807, 2.05) is 24.4 Å². The number of rotatable bonds is 7. The molecule has 2 rings (SSSR count). The van der Waals surface area contributed by atoms with Crippen LogP contribution in [0.2, 0.25) is 0 Å². The van der Waals surface area contributed by atoms with Crippen LogP contribution < -0.4 is 5.32 Å². The van der Waals surface area contributed by atoms with Crippen LogP contribution in [0.1, 0.15) is 26.5 Å². The Bertz CT molecular complexity index is 564. The third kappa shape index (κ3) is 4.89. The smallest absolute Gasteiger partial charge is 0.230 e. The Morgan fingerprint density at radius 1 is 1.48 bits per heavy atom. The summed E-state index contributed by atoms with van der Waals surface area (Å²) in [7, 11) is 0. The average Bonchev–Trinajstić information content (AvgIpc) is 3.08. The maximum absolute atomic E-state index is 11.8. The number of aromatic nitrogens is 1. The first-order valence-electron chi connectivity index (χ1n) is 6.91. The zero-order chi connectivity index (χ0) is 15.2. The lowest BCUT2D eigenvalue weighted by molar-refractivity contribution is -0.119. The monoisotopic (exact) mass is 324 g/mol. The minimum absolute atomic E-state index is 0.0858. The molecule has 0 bridgehead atoms. The first kappa shape index (κ1) is 16.1. The van der Waals surface area contributed by atoms with E-state index in [4.69, 9.17) is 4.42 Å². The number of thiazole rings is 1. The zero-order valence-electron chi connectivity index (χ0n) is 12.5. The summed E-state index contributed by atoms with van der Waals surface area (Å²) in [5, 5.41) is 5.90. The van der Waals surface area contributed by atoms with Gasteiger partial charge in [0.2, 0.25) is 5.91 Å². The van der Waals surface area contributed by atoms with Gasteiger partial charge in [-0.1, -0.05) is 13.8 Å². The number of carbonyl (C=O) groups excluding carboxylic acids is 1. The Morgan fingerprint density at radius 2 is 2.29 bits per heavy atom. The van der Waals surface area contributed by atoms with Gasteiger partial charge in [0, 0.05) is 17.2 Å². The van der Waals surface area contributed by atoms with Crippen LogP contribution in [0.3, 0.4) is 0 Å². The molecule has 2 aromatic heterocycles. The van der Waals surface area contributed by atoms with Crippen molar-refractivity contribution >= 4 is 29.0 Å². The van der Waals surface area contributed by atoms with E-state index in [2.05, 4.69) is 24.1 Å². The van der Waals surface area contributed by atoms with Crippen molar-refractivity contribution in [3.8, 4) is 10.8 Å². The van der Waals surface area contributed by atoms with Crippen LogP contribution in [-0.4, -0.2) is 22.7 Å². The lowest BCUT2D eigenvalue weighted by Gasteiger charge is -2.17. The molecule has 0 spiro atoms. The van der Waals surface area contributed by atoms with E-state index in [9.17, 15) is 4.79 Å². The molecular formula is C15H20N2O2S2. The SMILES string of the molecule is CC(C)C(C)NC(=O)CSCc1csc(-c2ccco2)n1. The normalized spacial score (nSPS) is 12.6. The Balaban J connectivity index is 1.75. The second-order valence-electron chi connectivity index (χ2n) is 5.21. The van der Waals surface area contributed by atoms with Crippen LogP contribution in [0.4, 0.5) is 0 Å². The molecule has 0 fully saturated rings. The number of nitrogens with zero attached hydrogens (tertiary/aromatic N) is 1. The number of nitrogens with one attached hydrogen (secondary N) is 1.